The second-order valence-electron chi connectivity index (χ2n) is 7.00. The van der Waals surface area contributed by atoms with Gasteiger partial charge in [0.25, 0.3) is 0 Å². The number of urea groups is 1. The summed E-state index contributed by atoms with van der Waals surface area (Å²) < 4.78 is 28.7. The molecule has 0 bridgehead atoms. The van der Waals surface area contributed by atoms with Gasteiger partial charge in [-0.1, -0.05) is 13.8 Å². The van der Waals surface area contributed by atoms with Crippen molar-refractivity contribution in [2.75, 3.05) is 51.3 Å². The maximum atomic E-state index is 12.2. The topological polar surface area (TPSA) is 79.0 Å². The van der Waals surface area contributed by atoms with Crippen molar-refractivity contribution in [3.05, 3.63) is 0 Å². The summed E-state index contributed by atoms with van der Waals surface area (Å²) in [5, 5.41) is 2.87. The summed E-state index contributed by atoms with van der Waals surface area (Å²) in [5.74, 6) is 0.850. The third-order valence-electron chi connectivity index (χ3n) is 4.40. The minimum absolute atomic E-state index is 0.00726. The zero-order valence-electron chi connectivity index (χ0n) is 14.3. The molecule has 2 atom stereocenters. The maximum Gasteiger partial charge on any atom is 0.317 e. The molecule has 0 aromatic carbocycles. The molecule has 2 unspecified atom stereocenters. The number of hydrogen-bond donors (Lipinski definition) is 1. The van der Waals surface area contributed by atoms with E-state index in [-0.39, 0.29) is 29.7 Å². The summed E-state index contributed by atoms with van der Waals surface area (Å²) in [7, 11) is -1.32. The van der Waals surface area contributed by atoms with Crippen LogP contribution in [0.5, 0.6) is 0 Å². The van der Waals surface area contributed by atoms with E-state index >= 15 is 0 Å². The van der Waals surface area contributed by atoms with Gasteiger partial charge in [0.05, 0.1) is 24.2 Å². The number of ether oxygens (including phenoxy) is 1. The second kappa shape index (κ2) is 7.81. The Bertz CT molecular complexity index is 509. The van der Waals surface area contributed by atoms with Crippen molar-refractivity contribution in [1.82, 2.24) is 15.1 Å². The molecule has 2 saturated heterocycles. The number of rotatable bonds is 5. The van der Waals surface area contributed by atoms with E-state index < -0.39 is 9.84 Å². The Morgan fingerprint density at radius 1 is 1.43 bits per heavy atom. The van der Waals surface area contributed by atoms with Crippen molar-refractivity contribution in [3.8, 4) is 0 Å². The smallest absolute Gasteiger partial charge is 0.317 e. The molecule has 0 aromatic rings. The number of amides is 2. The van der Waals surface area contributed by atoms with Gasteiger partial charge < -0.3 is 15.0 Å². The Balaban J connectivity index is 1.75. The zero-order chi connectivity index (χ0) is 17.0. The average Bonchev–Trinajstić information content (AvgIpc) is 2.84. The Kier molecular flexibility index (Phi) is 6.27. The van der Waals surface area contributed by atoms with Crippen LogP contribution in [-0.4, -0.2) is 87.7 Å². The van der Waals surface area contributed by atoms with Crippen LogP contribution < -0.4 is 5.32 Å². The molecule has 2 amide bonds. The third kappa shape index (κ3) is 5.61. The highest BCUT2D eigenvalue weighted by Gasteiger charge is 2.33. The monoisotopic (exact) mass is 347 g/mol. The molecule has 0 aromatic heterocycles. The average molecular weight is 347 g/mol. The van der Waals surface area contributed by atoms with Crippen LogP contribution in [0.3, 0.4) is 0 Å². The van der Waals surface area contributed by atoms with Gasteiger partial charge in [-0.3, -0.25) is 4.90 Å². The van der Waals surface area contributed by atoms with Gasteiger partial charge in [0, 0.05) is 39.3 Å². The van der Waals surface area contributed by atoms with Crippen LogP contribution in [-0.2, 0) is 14.6 Å². The Hall–Kier alpha value is -0.860. The summed E-state index contributed by atoms with van der Waals surface area (Å²) in [6, 6.07) is -0.443. The molecule has 0 saturated carbocycles. The van der Waals surface area contributed by atoms with E-state index in [0.717, 1.165) is 19.6 Å². The summed E-state index contributed by atoms with van der Waals surface area (Å²) >= 11 is 0. The Morgan fingerprint density at radius 2 is 2.17 bits per heavy atom. The van der Waals surface area contributed by atoms with E-state index in [4.69, 9.17) is 4.74 Å². The summed E-state index contributed by atoms with van der Waals surface area (Å²) in [6.45, 7) is 8.31. The molecule has 2 rings (SSSR count). The minimum atomic E-state index is -2.98. The van der Waals surface area contributed by atoms with Gasteiger partial charge in [0.1, 0.15) is 0 Å². The molecule has 7 nitrogen and oxygen atoms in total. The molecule has 2 aliphatic rings. The highest BCUT2D eigenvalue weighted by atomic mass is 32.2. The van der Waals surface area contributed by atoms with Crippen LogP contribution in [0.1, 0.15) is 20.3 Å². The molecule has 134 valence electrons. The van der Waals surface area contributed by atoms with Gasteiger partial charge in [-0.15, -0.1) is 0 Å². The molecule has 2 heterocycles. The summed E-state index contributed by atoms with van der Waals surface area (Å²) in [4.78, 5) is 16.1. The fraction of sp³-hybridized carbons (Fsp3) is 0.933. The molecule has 8 heteroatoms. The van der Waals surface area contributed by atoms with Gasteiger partial charge in [-0.05, 0) is 12.3 Å². The van der Waals surface area contributed by atoms with E-state index in [1.807, 2.05) is 0 Å². The predicted octanol–water partition coefficient (Wildman–Crippen LogP) is 0.172. The second-order valence-corrected chi connectivity index (χ2v) is 9.23. The molecule has 0 aliphatic carbocycles. The molecule has 2 aliphatic heterocycles. The minimum Gasteiger partial charge on any atom is -0.374 e. The van der Waals surface area contributed by atoms with Crippen LogP contribution in [0.25, 0.3) is 0 Å². The van der Waals surface area contributed by atoms with E-state index in [1.165, 1.54) is 4.90 Å². The van der Waals surface area contributed by atoms with Crippen LogP contribution in [0, 0.1) is 5.92 Å². The Labute approximate surface area is 139 Å². The number of carbonyl (C=O) groups is 1. The van der Waals surface area contributed by atoms with Crippen molar-refractivity contribution in [2.45, 2.75) is 32.4 Å². The number of carbonyl (C=O) groups excluding carboxylic acids is 1. The van der Waals surface area contributed by atoms with Crippen LogP contribution in [0.2, 0.25) is 0 Å². The standard InChI is InChI=1S/C15H29N3O4S/c1-12(2)9-18-5-6-22-14(10-18)8-16-15(19)17(3)13-4-7-23(20,21)11-13/h12-14H,4-11H2,1-3H3,(H,16,19). The largest absolute Gasteiger partial charge is 0.374 e. The lowest BCUT2D eigenvalue weighted by molar-refractivity contribution is -0.0294. The van der Waals surface area contributed by atoms with Gasteiger partial charge in [0.15, 0.2) is 9.84 Å². The van der Waals surface area contributed by atoms with Gasteiger partial charge >= 0.3 is 6.03 Å². The Morgan fingerprint density at radius 3 is 2.78 bits per heavy atom. The predicted molar refractivity (Wildman–Crippen MR) is 89.2 cm³/mol. The van der Waals surface area contributed by atoms with Crippen LogP contribution in [0.15, 0.2) is 0 Å². The van der Waals surface area contributed by atoms with Crippen molar-refractivity contribution in [3.63, 3.8) is 0 Å². The van der Waals surface area contributed by atoms with Gasteiger partial charge in [-0.25, -0.2) is 13.2 Å². The first kappa shape index (κ1) is 18.5. The molecule has 1 N–H and O–H groups in total. The normalized spacial score (nSPS) is 28.0. The molecular weight excluding hydrogens is 318 g/mol. The molecule has 23 heavy (non-hydrogen) atoms. The number of hydrogen-bond acceptors (Lipinski definition) is 5. The lowest BCUT2D eigenvalue weighted by Crippen LogP contribution is -2.51. The summed E-state index contributed by atoms with van der Waals surface area (Å²) in [6.07, 6.45) is 0.515. The lowest BCUT2D eigenvalue weighted by atomic mass is 10.2. The first-order valence-corrected chi connectivity index (χ1v) is 10.1. The van der Waals surface area contributed by atoms with E-state index in [2.05, 4.69) is 24.1 Å². The molecule has 0 spiro atoms. The molecule has 2 fully saturated rings. The lowest BCUT2D eigenvalue weighted by Gasteiger charge is -2.34. The third-order valence-corrected chi connectivity index (χ3v) is 6.15. The quantitative estimate of drug-likeness (QED) is 0.767. The van der Waals surface area contributed by atoms with Gasteiger partial charge in [-0.2, -0.15) is 0 Å². The van der Waals surface area contributed by atoms with Crippen molar-refractivity contribution < 1.29 is 17.9 Å². The highest BCUT2D eigenvalue weighted by molar-refractivity contribution is 7.91. The van der Waals surface area contributed by atoms with Crippen molar-refractivity contribution in [2.24, 2.45) is 5.92 Å². The molecule has 0 radical (unpaired) electrons. The fourth-order valence-electron chi connectivity index (χ4n) is 3.16. The SMILES string of the molecule is CC(C)CN1CCOC(CNC(=O)N(C)C2CCS(=O)(=O)C2)C1. The molecular formula is C15H29N3O4S. The van der Waals surface area contributed by atoms with E-state index in [1.54, 1.807) is 7.05 Å². The van der Waals surface area contributed by atoms with Crippen LogP contribution in [0.4, 0.5) is 4.79 Å². The van der Waals surface area contributed by atoms with Crippen LogP contribution >= 0.6 is 0 Å². The highest BCUT2D eigenvalue weighted by Crippen LogP contribution is 2.16. The van der Waals surface area contributed by atoms with Gasteiger partial charge in [0.2, 0.25) is 0 Å². The van der Waals surface area contributed by atoms with E-state index in [0.29, 0.717) is 25.5 Å². The van der Waals surface area contributed by atoms with Crippen molar-refractivity contribution >= 4 is 15.9 Å². The zero-order valence-corrected chi connectivity index (χ0v) is 15.1. The number of nitrogens with one attached hydrogen (secondary N) is 1. The maximum absolute atomic E-state index is 12.2. The number of morpholine rings is 1. The summed E-state index contributed by atoms with van der Waals surface area (Å²) in [5.41, 5.74) is 0. The fourth-order valence-corrected chi connectivity index (χ4v) is 4.93. The first-order valence-electron chi connectivity index (χ1n) is 8.32. The van der Waals surface area contributed by atoms with E-state index in [9.17, 15) is 13.2 Å². The first-order chi connectivity index (χ1) is 10.8. The van der Waals surface area contributed by atoms with Crippen molar-refractivity contribution in [1.29, 1.82) is 0 Å². The number of sulfone groups is 1. The number of nitrogens with zero attached hydrogens (tertiary/aromatic N) is 2.